The Morgan fingerprint density at radius 2 is 1.93 bits per heavy atom. The molecule has 13 heteroatoms. The smallest absolute Gasteiger partial charge is 0.270 e. The van der Waals surface area contributed by atoms with Crippen molar-refractivity contribution in [1.82, 2.24) is 24.0 Å². The number of aryl methyl sites for hydroxylation is 1. The predicted octanol–water partition coefficient (Wildman–Crippen LogP) is 1.14. The van der Waals surface area contributed by atoms with Gasteiger partial charge >= 0.3 is 0 Å². The molecule has 0 bridgehead atoms. The molecule has 1 aromatic heterocycles. The number of nitro benzene ring substituents is 1. The Hall–Kier alpha value is -2.51. The van der Waals surface area contributed by atoms with Crippen molar-refractivity contribution in [2.75, 3.05) is 31.9 Å². The van der Waals surface area contributed by atoms with Gasteiger partial charge in [-0.3, -0.25) is 14.9 Å². The third-order valence-electron chi connectivity index (χ3n) is 4.80. The van der Waals surface area contributed by atoms with Gasteiger partial charge in [-0.05, 0) is 19.9 Å². The van der Waals surface area contributed by atoms with E-state index in [0.717, 1.165) is 11.9 Å². The van der Waals surface area contributed by atoms with Crippen LogP contribution < -0.4 is 0 Å². The third kappa shape index (κ3) is 4.63. The Morgan fingerprint density at radius 1 is 1.23 bits per heavy atom. The third-order valence-corrected chi connectivity index (χ3v) is 7.65. The number of piperazine rings is 1. The normalized spacial score (nSPS) is 15.3. The van der Waals surface area contributed by atoms with E-state index in [0.29, 0.717) is 11.7 Å². The number of carbonyl (C=O) groups excluding carboxylic acids is 1. The number of aromatic nitrogens is 3. The van der Waals surface area contributed by atoms with Gasteiger partial charge < -0.3 is 9.47 Å². The molecule has 3 rings (SSSR count). The summed E-state index contributed by atoms with van der Waals surface area (Å²) < 4.78 is 28.8. The topological polar surface area (TPSA) is 132 Å². The van der Waals surface area contributed by atoms with Gasteiger partial charge in [0.25, 0.3) is 5.69 Å². The number of benzene rings is 1. The number of hydrogen-bond donors (Lipinski definition) is 0. The minimum absolute atomic E-state index is 0.101. The first kappa shape index (κ1) is 22.2. The molecule has 2 heterocycles. The lowest BCUT2D eigenvalue weighted by Gasteiger charge is -2.34. The van der Waals surface area contributed by atoms with E-state index in [1.807, 2.05) is 18.4 Å². The molecule has 0 spiro atoms. The van der Waals surface area contributed by atoms with Crippen LogP contribution in [0.4, 0.5) is 5.69 Å². The Kier molecular flexibility index (Phi) is 6.73. The summed E-state index contributed by atoms with van der Waals surface area (Å²) in [5.74, 6) is 0.874. The van der Waals surface area contributed by atoms with E-state index in [1.54, 1.807) is 4.90 Å². The molecule has 30 heavy (non-hydrogen) atoms. The van der Waals surface area contributed by atoms with Gasteiger partial charge in [0.2, 0.25) is 15.9 Å². The van der Waals surface area contributed by atoms with Crippen molar-refractivity contribution in [1.29, 1.82) is 0 Å². The number of rotatable bonds is 7. The second kappa shape index (κ2) is 9.10. The molecule has 11 nitrogen and oxygen atoms in total. The van der Waals surface area contributed by atoms with Crippen molar-refractivity contribution in [2.24, 2.45) is 0 Å². The van der Waals surface area contributed by atoms with Gasteiger partial charge in [0.05, 0.1) is 15.6 Å². The molecule has 1 aliphatic rings. The first-order valence-electron chi connectivity index (χ1n) is 9.29. The summed E-state index contributed by atoms with van der Waals surface area (Å²) in [6.45, 7) is 5.31. The monoisotopic (exact) mass is 454 g/mol. The van der Waals surface area contributed by atoms with Crippen LogP contribution in [-0.2, 0) is 21.4 Å². The van der Waals surface area contributed by atoms with Crippen LogP contribution in [0.2, 0.25) is 0 Å². The summed E-state index contributed by atoms with van der Waals surface area (Å²) in [7, 11) is -3.86. The Balaban J connectivity index is 1.59. The molecule has 0 unspecified atom stereocenters. The minimum Gasteiger partial charge on any atom is -0.339 e. The molecule has 0 aliphatic carbocycles. The van der Waals surface area contributed by atoms with Gasteiger partial charge in [-0.25, -0.2) is 8.42 Å². The maximum atomic E-state index is 12.8. The molecular weight excluding hydrogens is 432 g/mol. The lowest BCUT2D eigenvalue weighted by molar-refractivity contribution is -0.385. The standard InChI is InChI=1S/C17H22N6O5S2/c1-3-22-13(2)18-19-17(22)29-12-16(24)20-7-9-21(10-8-20)30(27,28)15-6-4-5-14(11-15)23(25)26/h4-6,11H,3,7-10,12H2,1-2H3. The van der Waals surface area contributed by atoms with Crippen molar-refractivity contribution in [2.45, 2.75) is 30.4 Å². The van der Waals surface area contributed by atoms with E-state index < -0.39 is 14.9 Å². The van der Waals surface area contributed by atoms with Gasteiger partial charge in [-0.15, -0.1) is 10.2 Å². The summed E-state index contributed by atoms with van der Waals surface area (Å²) in [6, 6.07) is 4.98. The highest BCUT2D eigenvalue weighted by Gasteiger charge is 2.31. The van der Waals surface area contributed by atoms with Crippen LogP contribution in [0.3, 0.4) is 0 Å². The molecular formula is C17H22N6O5S2. The summed E-state index contributed by atoms with van der Waals surface area (Å²) >= 11 is 1.30. The minimum atomic E-state index is -3.86. The number of sulfonamides is 1. The van der Waals surface area contributed by atoms with Crippen LogP contribution in [0.25, 0.3) is 0 Å². The number of thioether (sulfide) groups is 1. The van der Waals surface area contributed by atoms with Gasteiger partial charge in [0.1, 0.15) is 5.82 Å². The van der Waals surface area contributed by atoms with Crippen molar-refractivity contribution < 1.29 is 18.1 Å². The number of non-ortho nitro benzene ring substituents is 1. The summed E-state index contributed by atoms with van der Waals surface area (Å²) in [6.07, 6.45) is 0. The fourth-order valence-electron chi connectivity index (χ4n) is 3.13. The zero-order chi connectivity index (χ0) is 21.9. The van der Waals surface area contributed by atoms with Crippen LogP contribution >= 0.6 is 11.8 Å². The lowest BCUT2D eigenvalue weighted by atomic mass is 10.3. The molecule has 1 saturated heterocycles. The van der Waals surface area contributed by atoms with Gasteiger partial charge in [0.15, 0.2) is 5.16 Å². The van der Waals surface area contributed by atoms with Crippen LogP contribution in [-0.4, -0.2) is 75.1 Å². The molecule has 0 radical (unpaired) electrons. The highest BCUT2D eigenvalue weighted by molar-refractivity contribution is 7.99. The first-order chi connectivity index (χ1) is 14.2. The first-order valence-corrected chi connectivity index (χ1v) is 11.7. The fraction of sp³-hybridized carbons (Fsp3) is 0.471. The van der Waals surface area contributed by atoms with Crippen LogP contribution in [0.5, 0.6) is 0 Å². The highest BCUT2D eigenvalue weighted by atomic mass is 32.2. The second-order valence-electron chi connectivity index (χ2n) is 6.60. The maximum Gasteiger partial charge on any atom is 0.270 e. The quantitative estimate of drug-likeness (QED) is 0.346. The second-order valence-corrected chi connectivity index (χ2v) is 9.48. The molecule has 0 saturated carbocycles. The summed E-state index contributed by atoms with van der Waals surface area (Å²) in [4.78, 5) is 24.3. The van der Waals surface area contributed by atoms with E-state index in [9.17, 15) is 23.3 Å². The fourth-order valence-corrected chi connectivity index (χ4v) is 5.55. The molecule has 1 fully saturated rings. The zero-order valence-corrected chi connectivity index (χ0v) is 18.2. The summed E-state index contributed by atoms with van der Waals surface area (Å²) in [5, 5.41) is 19.7. The van der Waals surface area contributed by atoms with Crippen molar-refractivity contribution in [3.8, 4) is 0 Å². The number of hydrogen-bond acceptors (Lipinski definition) is 8. The molecule has 1 amide bonds. The summed E-state index contributed by atoms with van der Waals surface area (Å²) in [5.41, 5.74) is -0.280. The van der Waals surface area contributed by atoms with E-state index in [2.05, 4.69) is 10.2 Å². The molecule has 0 atom stereocenters. The molecule has 1 aliphatic heterocycles. The largest absolute Gasteiger partial charge is 0.339 e. The van der Waals surface area contributed by atoms with E-state index >= 15 is 0 Å². The molecule has 0 N–H and O–H groups in total. The van der Waals surface area contributed by atoms with Crippen LogP contribution in [0.1, 0.15) is 12.7 Å². The number of nitro groups is 1. The average molecular weight is 455 g/mol. The van der Waals surface area contributed by atoms with Crippen molar-refractivity contribution in [3.05, 3.63) is 40.2 Å². The molecule has 1 aromatic carbocycles. The van der Waals surface area contributed by atoms with Gasteiger partial charge in [0, 0.05) is 44.9 Å². The van der Waals surface area contributed by atoms with E-state index in [1.165, 1.54) is 34.3 Å². The number of nitrogens with zero attached hydrogens (tertiary/aromatic N) is 6. The van der Waals surface area contributed by atoms with E-state index in [4.69, 9.17) is 0 Å². The van der Waals surface area contributed by atoms with Crippen LogP contribution in [0, 0.1) is 17.0 Å². The van der Waals surface area contributed by atoms with Crippen molar-refractivity contribution in [3.63, 3.8) is 0 Å². The Morgan fingerprint density at radius 3 is 2.57 bits per heavy atom. The van der Waals surface area contributed by atoms with Gasteiger partial charge in [-0.1, -0.05) is 17.8 Å². The average Bonchev–Trinajstić information content (AvgIpc) is 3.11. The van der Waals surface area contributed by atoms with Gasteiger partial charge in [-0.2, -0.15) is 4.31 Å². The van der Waals surface area contributed by atoms with Crippen LogP contribution in [0.15, 0.2) is 34.3 Å². The number of carbonyl (C=O) groups is 1. The lowest BCUT2D eigenvalue weighted by Crippen LogP contribution is -2.51. The number of amides is 1. The Labute approximate surface area is 178 Å². The predicted molar refractivity (Wildman–Crippen MR) is 110 cm³/mol. The Bertz CT molecular complexity index is 1050. The molecule has 2 aromatic rings. The van der Waals surface area contributed by atoms with Crippen molar-refractivity contribution >= 4 is 33.4 Å². The molecule has 162 valence electrons. The zero-order valence-electron chi connectivity index (χ0n) is 16.6. The maximum absolute atomic E-state index is 12.8. The highest BCUT2D eigenvalue weighted by Crippen LogP contribution is 2.23. The van der Waals surface area contributed by atoms with E-state index in [-0.39, 0.29) is 48.4 Å². The SMILES string of the molecule is CCn1c(C)nnc1SCC(=O)N1CCN(S(=O)(=O)c2cccc([N+](=O)[O-])c2)CC1.